The van der Waals surface area contributed by atoms with Crippen LogP contribution in [0.5, 0.6) is 0 Å². The van der Waals surface area contributed by atoms with E-state index in [1.165, 1.54) is 25.7 Å². The molecule has 0 amide bonds. The highest BCUT2D eigenvalue weighted by Crippen LogP contribution is 2.33. The van der Waals surface area contributed by atoms with Gasteiger partial charge in [0.15, 0.2) is 0 Å². The first kappa shape index (κ1) is 15.7. The molecule has 1 aliphatic carbocycles. The lowest BCUT2D eigenvalue weighted by Gasteiger charge is -2.29. The van der Waals surface area contributed by atoms with E-state index in [9.17, 15) is 14.5 Å². The third kappa shape index (κ3) is 3.93. The summed E-state index contributed by atoms with van der Waals surface area (Å²) in [7, 11) is 0. The quantitative estimate of drug-likeness (QED) is 0.626. The fourth-order valence-electron chi connectivity index (χ4n) is 3.16. The third-order valence-electron chi connectivity index (χ3n) is 4.38. The number of nitrogens with zero attached hydrogens (tertiary/aromatic N) is 1. The van der Waals surface area contributed by atoms with Gasteiger partial charge in [0.1, 0.15) is 11.5 Å². The van der Waals surface area contributed by atoms with E-state index in [4.69, 9.17) is 0 Å². The highest BCUT2D eigenvalue weighted by molar-refractivity contribution is 5.63. The predicted molar refractivity (Wildman–Crippen MR) is 82.1 cm³/mol. The van der Waals surface area contributed by atoms with Gasteiger partial charge in [-0.3, -0.25) is 10.1 Å². The normalized spacial score (nSPS) is 22.0. The van der Waals surface area contributed by atoms with Gasteiger partial charge in [-0.25, -0.2) is 4.39 Å². The topological polar surface area (TPSA) is 55.2 Å². The van der Waals surface area contributed by atoms with Crippen molar-refractivity contribution < 1.29 is 9.31 Å². The second-order valence-electron chi connectivity index (χ2n) is 6.03. The molecule has 5 heteroatoms. The number of benzene rings is 1. The molecule has 0 heterocycles. The van der Waals surface area contributed by atoms with Crippen LogP contribution in [0.3, 0.4) is 0 Å². The molecule has 2 rings (SSSR count). The molecule has 0 saturated heterocycles. The molecular formula is C16H23FN2O2. The largest absolute Gasteiger partial charge is 0.377 e. The van der Waals surface area contributed by atoms with Crippen molar-refractivity contribution in [3.63, 3.8) is 0 Å². The number of nitrogens with one attached hydrogen (secondary N) is 1. The summed E-state index contributed by atoms with van der Waals surface area (Å²) in [6.45, 7) is 3.83. The van der Waals surface area contributed by atoms with Gasteiger partial charge in [-0.15, -0.1) is 0 Å². The second kappa shape index (κ2) is 6.87. The van der Waals surface area contributed by atoms with E-state index in [1.54, 1.807) is 13.0 Å². The lowest BCUT2D eigenvalue weighted by atomic mass is 9.83. The van der Waals surface area contributed by atoms with Crippen LogP contribution in [0.2, 0.25) is 0 Å². The van der Waals surface area contributed by atoms with E-state index in [2.05, 4.69) is 12.2 Å². The van der Waals surface area contributed by atoms with Gasteiger partial charge in [0.25, 0.3) is 5.69 Å². The van der Waals surface area contributed by atoms with Gasteiger partial charge in [0.2, 0.25) is 0 Å². The fourth-order valence-corrected chi connectivity index (χ4v) is 3.16. The predicted octanol–water partition coefficient (Wildman–Crippen LogP) is 4.81. The maximum absolute atomic E-state index is 13.5. The van der Waals surface area contributed by atoms with Crippen LogP contribution in [0.1, 0.15) is 51.0 Å². The monoisotopic (exact) mass is 294 g/mol. The van der Waals surface area contributed by atoms with Crippen molar-refractivity contribution in [2.75, 3.05) is 5.32 Å². The zero-order chi connectivity index (χ0) is 15.4. The van der Waals surface area contributed by atoms with Crippen molar-refractivity contribution >= 4 is 11.4 Å². The molecule has 0 unspecified atom stereocenters. The van der Waals surface area contributed by atoms with Crippen molar-refractivity contribution in [3.05, 3.63) is 33.6 Å². The van der Waals surface area contributed by atoms with Crippen LogP contribution >= 0.6 is 0 Å². The van der Waals surface area contributed by atoms with Crippen LogP contribution in [0.4, 0.5) is 15.8 Å². The molecule has 1 fully saturated rings. The van der Waals surface area contributed by atoms with E-state index in [0.717, 1.165) is 24.8 Å². The minimum Gasteiger partial charge on any atom is -0.377 e. The standard InChI is InChI=1S/C16H23FN2O2/c1-3-4-12-5-7-13(8-6-12)18-15-9-11(2)14(17)10-16(15)19(20)21/h9-10,12-13,18H,3-8H2,1-2H3. The molecule has 1 saturated carbocycles. The SMILES string of the molecule is CCCC1CCC(Nc2cc(C)c(F)cc2[N+](=O)[O-])CC1. The maximum atomic E-state index is 13.5. The first-order valence-corrected chi connectivity index (χ1v) is 7.72. The summed E-state index contributed by atoms with van der Waals surface area (Å²) in [6, 6.07) is 2.81. The van der Waals surface area contributed by atoms with E-state index < -0.39 is 10.7 Å². The van der Waals surface area contributed by atoms with Gasteiger partial charge >= 0.3 is 0 Å². The Hall–Kier alpha value is -1.65. The van der Waals surface area contributed by atoms with Crippen molar-refractivity contribution in [2.45, 2.75) is 58.4 Å². The average molecular weight is 294 g/mol. The Kier molecular flexibility index (Phi) is 5.15. The minimum absolute atomic E-state index is 0.172. The lowest BCUT2D eigenvalue weighted by Crippen LogP contribution is -2.26. The molecular weight excluding hydrogens is 271 g/mol. The number of nitro benzene ring substituents is 1. The Bertz CT molecular complexity index is 511. The molecule has 0 bridgehead atoms. The Labute approximate surface area is 124 Å². The molecule has 0 aromatic heterocycles. The molecule has 0 atom stereocenters. The van der Waals surface area contributed by atoms with Gasteiger partial charge in [0.05, 0.1) is 11.0 Å². The number of anilines is 1. The highest BCUT2D eigenvalue weighted by Gasteiger charge is 2.24. The number of hydrogen-bond acceptors (Lipinski definition) is 3. The Morgan fingerprint density at radius 3 is 2.57 bits per heavy atom. The molecule has 4 nitrogen and oxygen atoms in total. The highest BCUT2D eigenvalue weighted by atomic mass is 19.1. The Morgan fingerprint density at radius 1 is 1.33 bits per heavy atom. The maximum Gasteiger partial charge on any atom is 0.295 e. The van der Waals surface area contributed by atoms with E-state index >= 15 is 0 Å². The van der Waals surface area contributed by atoms with Crippen molar-refractivity contribution in [1.82, 2.24) is 0 Å². The van der Waals surface area contributed by atoms with Crippen molar-refractivity contribution in [3.8, 4) is 0 Å². The van der Waals surface area contributed by atoms with Crippen molar-refractivity contribution in [2.24, 2.45) is 5.92 Å². The van der Waals surface area contributed by atoms with Crippen LogP contribution in [0.25, 0.3) is 0 Å². The number of nitro groups is 1. The molecule has 0 spiro atoms. The minimum atomic E-state index is -0.529. The van der Waals surface area contributed by atoms with Gasteiger partial charge in [-0.1, -0.05) is 19.8 Å². The summed E-state index contributed by atoms with van der Waals surface area (Å²) in [5, 5.41) is 14.3. The first-order valence-electron chi connectivity index (χ1n) is 7.72. The van der Waals surface area contributed by atoms with Gasteiger partial charge in [-0.2, -0.15) is 0 Å². The molecule has 116 valence electrons. The zero-order valence-electron chi connectivity index (χ0n) is 12.7. The van der Waals surface area contributed by atoms with Crippen molar-refractivity contribution in [1.29, 1.82) is 0 Å². The first-order chi connectivity index (χ1) is 10.0. The lowest BCUT2D eigenvalue weighted by molar-refractivity contribution is -0.384. The van der Waals surface area contributed by atoms with Crippen LogP contribution < -0.4 is 5.32 Å². The molecule has 0 radical (unpaired) electrons. The van der Waals surface area contributed by atoms with Crippen LogP contribution in [-0.2, 0) is 0 Å². The molecule has 1 aliphatic rings. The number of hydrogen-bond donors (Lipinski definition) is 1. The summed E-state index contributed by atoms with van der Waals surface area (Å²) in [4.78, 5) is 10.5. The molecule has 1 aromatic carbocycles. The summed E-state index contributed by atoms with van der Waals surface area (Å²) in [5.41, 5.74) is 0.703. The number of halogens is 1. The van der Waals surface area contributed by atoms with Crippen LogP contribution in [0, 0.1) is 28.8 Å². The van der Waals surface area contributed by atoms with Crippen LogP contribution in [0.15, 0.2) is 12.1 Å². The third-order valence-corrected chi connectivity index (χ3v) is 4.38. The fraction of sp³-hybridized carbons (Fsp3) is 0.625. The van der Waals surface area contributed by atoms with E-state index in [1.807, 2.05) is 0 Å². The van der Waals surface area contributed by atoms with E-state index in [-0.39, 0.29) is 11.7 Å². The average Bonchev–Trinajstić information content (AvgIpc) is 2.44. The Morgan fingerprint density at radius 2 is 2.00 bits per heavy atom. The Balaban J connectivity index is 2.06. The molecule has 1 aromatic rings. The van der Waals surface area contributed by atoms with Crippen LogP contribution in [-0.4, -0.2) is 11.0 Å². The van der Waals surface area contributed by atoms with Gasteiger partial charge in [0, 0.05) is 6.04 Å². The summed E-state index contributed by atoms with van der Waals surface area (Å²) in [5.74, 6) is 0.261. The van der Waals surface area contributed by atoms with Gasteiger partial charge in [-0.05, 0) is 50.2 Å². The van der Waals surface area contributed by atoms with Gasteiger partial charge < -0.3 is 5.32 Å². The summed E-state index contributed by atoms with van der Waals surface area (Å²) in [6.07, 6.45) is 6.86. The molecule has 21 heavy (non-hydrogen) atoms. The molecule has 1 N–H and O–H groups in total. The number of aryl methyl sites for hydroxylation is 1. The smallest absolute Gasteiger partial charge is 0.295 e. The summed E-state index contributed by atoms with van der Waals surface area (Å²) >= 11 is 0. The summed E-state index contributed by atoms with van der Waals surface area (Å²) < 4.78 is 13.5. The molecule has 0 aliphatic heterocycles. The van der Waals surface area contributed by atoms with E-state index in [0.29, 0.717) is 11.3 Å². The second-order valence-corrected chi connectivity index (χ2v) is 6.03. The number of rotatable bonds is 5. The zero-order valence-corrected chi connectivity index (χ0v) is 12.7.